The monoisotopic (exact) mass is 375 g/mol. The lowest BCUT2D eigenvalue weighted by Gasteiger charge is -2.12. The van der Waals surface area contributed by atoms with Crippen molar-refractivity contribution in [2.75, 3.05) is 7.11 Å². The molecule has 0 spiro atoms. The maximum absolute atomic E-state index is 12.4. The van der Waals surface area contributed by atoms with Gasteiger partial charge >= 0.3 is 5.97 Å². The molecule has 0 fully saturated rings. The molecule has 1 aromatic carbocycles. The predicted molar refractivity (Wildman–Crippen MR) is 98.6 cm³/mol. The Kier molecular flexibility index (Phi) is 4.69. The molecule has 0 aliphatic heterocycles. The first-order valence-corrected chi connectivity index (χ1v) is 8.27. The molecule has 6 nitrogen and oxygen atoms in total. The van der Waals surface area contributed by atoms with Crippen LogP contribution in [0.1, 0.15) is 17.3 Å². The summed E-state index contributed by atoms with van der Waals surface area (Å²) in [7, 11) is 1.26. The zero-order chi connectivity index (χ0) is 18.1. The van der Waals surface area contributed by atoms with Crippen molar-refractivity contribution in [1.29, 1.82) is 0 Å². The van der Waals surface area contributed by atoms with Crippen LogP contribution in [0.3, 0.4) is 0 Å². The Hall–Kier alpha value is -2.51. The summed E-state index contributed by atoms with van der Waals surface area (Å²) in [6.45, 7) is 2.37. The average Bonchev–Trinajstić information content (AvgIpc) is 2.61. The lowest BCUT2D eigenvalue weighted by atomic mass is 10.1. The number of methoxy groups -OCH3 is 1. The summed E-state index contributed by atoms with van der Waals surface area (Å²) in [5.41, 5.74) is 1.28. The molecule has 0 amide bonds. The number of esters is 1. The fourth-order valence-electron chi connectivity index (χ4n) is 2.61. The largest absolute Gasteiger partial charge is 0.465 e. The zero-order valence-corrected chi connectivity index (χ0v) is 15.1. The van der Waals surface area contributed by atoms with E-state index in [0.29, 0.717) is 22.9 Å². The minimum absolute atomic E-state index is 0.135. The number of aryl methyl sites for hydroxylation is 1. The van der Waals surface area contributed by atoms with Gasteiger partial charge in [0.25, 0.3) is 5.56 Å². The Morgan fingerprint density at radius 1 is 1.36 bits per heavy atom. The Morgan fingerprint density at radius 3 is 2.64 bits per heavy atom. The smallest absolute Gasteiger partial charge is 0.338 e. The third kappa shape index (κ3) is 3.08. The molecule has 1 N–H and O–H groups in total. The number of pyridine rings is 1. The van der Waals surface area contributed by atoms with Crippen LogP contribution in [0.5, 0.6) is 0 Å². The average molecular weight is 376 g/mol. The van der Waals surface area contributed by atoms with Crippen LogP contribution >= 0.6 is 23.8 Å². The predicted octanol–water partition coefficient (Wildman–Crippen LogP) is 3.58. The molecule has 0 bridgehead atoms. The Balaban J connectivity index is 2.45. The van der Waals surface area contributed by atoms with Gasteiger partial charge in [-0.05, 0) is 37.3 Å². The first-order chi connectivity index (χ1) is 12.0. The highest BCUT2D eigenvalue weighted by atomic mass is 35.5. The second-order valence-electron chi connectivity index (χ2n) is 5.26. The number of aromatic nitrogens is 3. The molecule has 3 aromatic rings. The maximum atomic E-state index is 12.4. The number of nitrogens with zero attached hydrogens (tertiary/aromatic N) is 2. The van der Waals surface area contributed by atoms with E-state index in [2.05, 4.69) is 9.97 Å². The number of carbonyl (C=O) groups excluding carboxylic acids is 1. The van der Waals surface area contributed by atoms with Crippen molar-refractivity contribution in [3.05, 3.63) is 56.0 Å². The molecule has 2 heterocycles. The van der Waals surface area contributed by atoms with Gasteiger partial charge in [-0.25, -0.2) is 9.78 Å². The Bertz CT molecular complexity index is 1090. The Labute approximate surface area is 153 Å². The molecule has 128 valence electrons. The summed E-state index contributed by atoms with van der Waals surface area (Å²) in [4.78, 5) is 31.8. The molecule has 0 unspecified atom stereocenters. The number of hydrogen-bond donors (Lipinski definition) is 1. The van der Waals surface area contributed by atoms with Gasteiger partial charge in [0.2, 0.25) is 0 Å². The van der Waals surface area contributed by atoms with E-state index in [0.717, 1.165) is 5.56 Å². The molecule has 0 radical (unpaired) electrons. The van der Waals surface area contributed by atoms with Crippen molar-refractivity contribution >= 4 is 40.8 Å². The van der Waals surface area contributed by atoms with Crippen molar-refractivity contribution in [3.8, 4) is 11.3 Å². The van der Waals surface area contributed by atoms with Gasteiger partial charge in [-0.15, -0.1) is 0 Å². The van der Waals surface area contributed by atoms with Crippen LogP contribution in [-0.2, 0) is 11.3 Å². The van der Waals surface area contributed by atoms with Crippen molar-refractivity contribution in [3.63, 3.8) is 0 Å². The lowest BCUT2D eigenvalue weighted by molar-refractivity contribution is 0.0603. The van der Waals surface area contributed by atoms with E-state index < -0.39 is 11.5 Å². The third-order valence-corrected chi connectivity index (χ3v) is 4.38. The van der Waals surface area contributed by atoms with Gasteiger partial charge in [0.05, 0.1) is 23.8 Å². The quantitative estimate of drug-likeness (QED) is 0.559. The lowest BCUT2D eigenvalue weighted by Crippen LogP contribution is -2.19. The Morgan fingerprint density at radius 2 is 2.04 bits per heavy atom. The van der Waals surface area contributed by atoms with E-state index in [1.54, 1.807) is 28.8 Å². The van der Waals surface area contributed by atoms with Crippen LogP contribution in [0.4, 0.5) is 0 Å². The van der Waals surface area contributed by atoms with Crippen LogP contribution in [0.25, 0.3) is 22.3 Å². The van der Waals surface area contributed by atoms with E-state index in [9.17, 15) is 9.59 Å². The van der Waals surface area contributed by atoms with E-state index >= 15 is 0 Å². The van der Waals surface area contributed by atoms with Crippen LogP contribution in [0.2, 0.25) is 5.02 Å². The number of H-pyrrole nitrogens is 1. The molecular weight excluding hydrogens is 362 g/mol. The van der Waals surface area contributed by atoms with E-state index in [4.69, 9.17) is 28.6 Å². The van der Waals surface area contributed by atoms with Gasteiger partial charge in [-0.1, -0.05) is 23.7 Å². The van der Waals surface area contributed by atoms with Crippen molar-refractivity contribution in [2.24, 2.45) is 0 Å². The number of aromatic amines is 1. The summed E-state index contributed by atoms with van der Waals surface area (Å²) < 4.78 is 6.75. The first kappa shape index (κ1) is 17.3. The molecule has 0 saturated heterocycles. The highest BCUT2D eigenvalue weighted by Crippen LogP contribution is 2.25. The molecule has 0 aliphatic rings. The number of ether oxygens (including phenoxy) is 1. The number of nitrogens with one attached hydrogen (secondary N) is 1. The summed E-state index contributed by atoms with van der Waals surface area (Å²) in [5, 5.41) is 0.741. The molecule has 0 saturated carbocycles. The van der Waals surface area contributed by atoms with Gasteiger partial charge in [0.15, 0.2) is 4.77 Å². The van der Waals surface area contributed by atoms with E-state index in [1.807, 2.05) is 6.92 Å². The van der Waals surface area contributed by atoms with Crippen LogP contribution < -0.4 is 5.56 Å². The SMILES string of the molecule is CCn1c(=S)[nH]c(=O)c2c(C(=O)OC)cc(-c3ccc(Cl)cc3)nc21. The topological polar surface area (TPSA) is 77.0 Å². The molecule has 2 aromatic heterocycles. The molecule has 0 atom stereocenters. The molecule has 8 heteroatoms. The fourth-order valence-corrected chi connectivity index (χ4v) is 3.04. The maximum Gasteiger partial charge on any atom is 0.338 e. The summed E-state index contributed by atoms with van der Waals surface area (Å²) in [6.07, 6.45) is 0. The van der Waals surface area contributed by atoms with Gasteiger partial charge in [0, 0.05) is 17.1 Å². The van der Waals surface area contributed by atoms with Crippen LogP contribution in [0, 0.1) is 4.77 Å². The summed E-state index contributed by atoms with van der Waals surface area (Å²) in [6, 6.07) is 8.57. The minimum Gasteiger partial charge on any atom is -0.465 e. The third-order valence-electron chi connectivity index (χ3n) is 3.81. The van der Waals surface area contributed by atoms with Crippen molar-refractivity contribution in [2.45, 2.75) is 13.5 Å². The summed E-state index contributed by atoms with van der Waals surface area (Å²) in [5.74, 6) is -0.618. The van der Waals surface area contributed by atoms with Gasteiger partial charge in [-0.3, -0.25) is 9.78 Å². The summed E-state index contributed by atoms with van der Waals surface area (Å²) >= 11 is 11.1. The number of benzene rings is 1. The van der Waals surface area contributed by atoms with Crippen molar-refractivity contribution < 1.29 is 9.53 Å². The fraction of sp³-hybridized carbons (Fsp3) is 0.176. The first-order valence-electron chi connectivity index (χ1n) is 7.48. The second kappa shape index (κ2) is 6.78. The number of fused-ring (bicyclic) bond motifs is 1. The molecule has 0 aliphatic carbocycles. The number of rotatable bonds is 3. The zero-order valence-electron chi connectivity index (χ0n) is 13.5. The van der Waals surface area contributed by atoms with Crippen LogP contribution in [0.15, 0.2) is 35.1 Å². The number of hydrogen-bond acceptors (Lipinski definition) is 5. The van der Waals surface area contributed by atoms with E-state index in [-0.39, 0.29) is 15.7 Å². The van der Waals surface area contributed by atoms with Gasteiger partial charge < -0.3 is 9.30 Å². The van der Waals surface area contributed by atoms with Crippen LogP contribution in [-0.4, -0.2) is 27.6 Å². The molecule has 3 rings (SSSR count). The molecule has 25 heavy (non-hydrogen) atoms. The number of halogens is 1. The highest BCUT2D eigenvalue weighted by Gasteiger charge is 2.19. The van der Waals surface area contributed by atoms with Gasteiger partial charge in [0.1, 0.15) is 5.65 Å². The minimum atomic E-state index is -0.618. The standard InChI is InChI=1S/C17H14ClN3O3S/c1-3-21-14-13(15(22)20-17(21)25)11(16(23)24-2)8-12(19-14)9-4-6-10(18)7-5-9/h4-8H,3H2,1-2H3,(H,20,22,25). The molecular formula is C17H14ClN3O3S. The van der Waals surface area contributed by atoms with Gasteiger partial charge in [-0.2, -0.15) is 0 Å². The second-order valence-corrected chi connectivity index (χ2v) is 6.08. The number of carbonyl (C=O) groups is 1. The highest BCUT2D eigenvalue weighted by molar-refractivity contribution is 7.71. The normalized spacial score (nSPS) is 10.8. The van der Waals surface area contributed by atoms with E-state index in [1.165, 1.54) is 13.2 Å². The van der Waals surface area contributed by atoms with Crippen molar-refractivity contribution in [1.82, 2.24) is 14.5 Å².